The summed E-state index contributed by atoms with van der Waals surface area (Å²) in [6.45, 7) is 5.19. The molecule has 1 aliphatic heterocycles. The first-order valence-electron chi connectivity index (χ1n) is 6.96. The highest BCUT2D eigenvalue weighted by atomic mass is 79.9. The molecule has 2 rings (SSSR count). The van der Waals surface area contributed by atoms with Gasteiger partial charge in [0, 0.05) is 29.8 Å². The van der Waals surface area contributed by atoms with Gasteiger partial charge in [0.1, 0.15) is 0 Å². The molecule has 0 saturated carbocycles. The van der Waals surface area contributed by atoms with Crippen molar-refractivity contribution in [2.75, 3.05) is 36.0 Å². The maximum atomic E-state index is 11.7. The summed E-state index contributed by atoms with van der Waals surface area (Å²) >= 11 is 3.51. The van der Waals surface area contributed by atoms with Gasteiger partial charge in [0.2, 0.25) is 0 Å². The topological polar surface area (TPSA) is 49.4 Å². The Kier molecular flexibility index (Phi) is 5.46. The van der Waals surface area contributed by atoms with Gasteiger partial charge in [-0.1, -0.05) is 28.9 Å². The van der Waals surface area contributed by atoms with Crippen molar-refractivity contribution < 1.29 is 8.42 Å². The summed E-state index contributed by atoms with van der Waals surface area (Å²) in [7, 11) is -2.87. The number of hydrogen-bond acceptors (Lipinski definition) is 4. The molecule has 1 fully saturated rings. The van der Waals surface area contributed by atoms with Crippen molar-refractivity contribution in [2.24, 2.45) is 0 Å². The SMILES string of the molecule is CCNCc1ccc(Br)cc1N1CCCS(=O)(=O)CC1. The second-order valence-corrected chi connectivity index (χ2v) is 8.27. The quantitative estimate of drug-likeness (QED) is 0.893. The molecule has 1 aliphatic rings. The van der Waals surface area contributed by atoms with Crippen LogP contribution in [0.4, 0.5) is 5.69 Å². The van der Waals surface area contributed by atoms with E-state index in [1.807, 2.05) is 6.07 Å². The molecule has 0 amide bonds. The van der Waals surface area contributed by atoms with E-state index in [1.165, 1.54) is 5.56 Å². The Hall–Kier alpha value is -0.590. The minimum absolute atomic E-state index is 0.250. The largest absolute Gasteiger partial charge is 0.370 e. The molecule has 4 nitrogen and oxygen atoms in total. The Morgan fingerprint density at radius 2 is 2.10 bits per heavy atom. The van der Waals surface area contributed by atoms with Gasteiger partial charge in [0.25, 0.3) is 0 Å². The molecule has 1 heterocycles. The fourth-order valence-corrected chi connectivity index (χ4v) is 4.04. The second kappa shape index (κ2) is 6.91. The van der Waals surface area contributed by atoms with Crippen molar-refractivity contribution in [2.45, 2.75) is 19.9 Å². The van der Waals surface area contributed by atoms with E-state index in [4.69, 9.17) is 0 Å². The van der Waals surface area contributed by atoms with Crippen molar-refractivity contribution in [3.8, 4) is 0 Å². The van der Waals surface area contributed by atoms with E-state index in [9.17, 15) is 8.42 Å². The Labute approximate surface area is 129 Å². The van der Waals surface area contributed by atoms with E-state index in [2.05, 4.69) is 45.2 Å². The van der Waals surface area contributed by atoms with Gasteiger partial charge in [-0.15, -0.1) is 0 Å². The molecule has 112 valence electrons. The van der Waals surface area contributed by atoms with Crippen LogP contribution in [-0.4, -0.2) is 39.6 Å². The van der Waals surface area contributed by atoms with E-state index in [0.29, 0.717) is 18.7 Å². The van der Waals surface area contributed by atoms with Crippen LogP contribution < -0.4 is 10.2 Å². The van der Waals surface area contributed by atoms with Crippen LogP contribution in [0.15, 0.2) is 22.7 Å². The molecule has 0 unspecified atom stereocenters. The molecule has 0 spiro atoms. The molecule has 6 heteroatoms. The van der Waals surface area contributed by atoms with Gasteiger partial charge < -0.3 is 10.2 Å². The van der Waals surface area contributed by atoms with Crippen molar-refractivity contribution in [3.05, 3.63) is 28.2 Å². The summed E-state index contributed by atoms with van der Waals surface area (Å²) in [5.41, 5.74) is 2.35. The summed E-state index contributed by atoms with van der Waals surface area (Å²) in [6.07, 6.45) is 0.704. The summed E-state index contributed by atoms with van der Waals surface area (Å²) in [6, 6.07) is 6.22. The summed E-state index contributed by atoms with van der Waals surface area (Å²) in [4.78, 5) is 2.20. The second-order valence-electron chi connectivity index (χ2n) is 5.05. The third kappa shape index (κ3) is 4.20. The van der Waals surface area contributed by atoms with Gasteiger partial charge in [-0.05, 0) is 30.7 Å². The lowest BCUT2D eigenvalue weighted by atomic mass is 10.1. The molecule has 0 aliphatic carbocycles. The molecule has 1 aromatic carbocycles. The Morgan fingerprint density at radius 1 is 1.30 bits per heavy atom. The van der Waals surface area contributed by atoms with Crippen LogP contribution in [0.25, 0.3) is 0 Å². The number of anilines is 1. The van der Waals surface area contributed by atoms with E-state index in [-0.39, 0.29) is 5.75 Å². The van der Waals surface area contributed by atoms with Crippen molar-refractivity contribution in [1.82, 2.24) is 5.32 Å². The van der Waals surface area contributed by atoms with Gasteiger partial charge >= 0.3 is 0 Å². The third-order valence-electron chi connectivity index (χ3n) is 3.51. The fourth-order valence-electron chi connectivity index (χ4n) is 2.42. The van der Waals surface area contributed by atoms with E-state index >= 15 is 0 Å². The Balaban J connectivity index is 2.23. The maximum Gasteiger partial charge on any atom is 0.152 e. The molecule has 1 saturated heterocycles. The van der Waals surface area contributed by atoms with Crippen LogP contribution >= 0.6 is 15.9 Å². The molecule has 0 atom stereocenters. The Morgan fingerprint density at radius 3 is 2.85 bits per heavy atom. The van der Waals surface area contributed by atoms with Crippen LogP contribution in [0, 0.1) is 0 Å². The highest BCUT2D eigenvalue weighted by molar-refractivity contribution is 9.10. The number of nitrogens with zero attached hydrogens (tertiary/aromatic N) is 1. The summed E-state index contributed by atoms with van der Waals surface area (Å²) in [5, 5.41) is 3.34. The zero-order chi connectivity index (χ0) is 14.6. The molecule has 0 radical (unpaired) electrons. The minimum atomic E-state index is -2.87. The predicted octanol–water partition coefficient (Wildman–Crippen LogP) is 2.18. The summed E-state index contributed by atoms with van der Waals surface area (Å²) < 4.78 is 24.5. The third-order valence-corrected chi connectivity index (χ3v) is 5.72. The average Bonchev–Trinajstić information content (AvgIpc) is 2.58. The van der Waals surface area contributed by atoms with Crippen LogP contribution in [0.1, 0.15) is 18.9 Å². The number of hydrogen-bond donors (Lipinski definition) is 1. The lowest BCUT2D eigenvalue weighted by Gasteiger charge is -2.25. The zero-order valence-electron chi connectivity index (χ0n) is 11.7. The maximum absolute atomic E-state index is 11.7. The number of benzene rings is 1. The van der Waals surface area contributed by atoms with Crippen LogP contribution in [0.5, 0.6) is 0 Å². The minimum Gasteiger partial charge on any atom is -0.370 e. The summed E-state index contributed by atoms with van der Waals surface area (Å²) in [5.74, 6) is 0.556. The van der Waals surface area contributed by atoms with Crippen LogP contribution in [0.2, 0.25) is 0 Å². The number of halogens is 1. The predicted molar refractivity (Wildman–Crippen MR) is 87.0 cm³/mol. The molecular formula is C14H21BrN2O2S. The van der Waals surface area contributed by atoms with E-state index in [1.54, 1.807) is 0 Å². The van der Waals surface area contributed by atoms with Crippen molar-refractivity contribution in [1.29, 1.82) is 0 Å². The number of nitrogens with one attached hydrogen (secondary N) is 1. The number of sulfone groups is 1. The van der Waals surface area contributed by atoms with Crippen LogP contribution in [-0.2, 0) is 16.4 Å². The number of rotatable bonds is 4. The molecule has 1 N–H and O–H groups in total. The molecule has 20 heavy (non-hydrogen) atoms. The van der Waals surface area contributed by atoms with Gasteiger partial charge in [0.05, 0.1) is 11.5 Å². The highest BCUT2D eigenvalue weighted by Gasteiger charge is 2.20. The molecule has 0 aromatic heterocycles. The van der Waals surface area contributed by atoms with Gasteiger partial charge in [0.15, 0.2) is 9.84 Å². The molecule has 1 aromatic rings. The van der Waals surface area contributed by atoms with E-state index in [0.717, 1.165) is 29.8 Å². The molecule has 0 bridgehead atoms. The Bertz CT molecular complexity index is 560. The lowest BCUT2D eigenvalue weighted by molar-refractivity contribution is 0.597. The van der Waals surface area contributed by atoms with Crippen molar-refractivity contribution in [3.63, 3.8) is 0 Å². The first kappa shape index (κ1) is 15.8. The van der Waals surface area contributed by atoms with Crippen molar-refractivity contribution >= 4 is 31.5 Å². The first-order valence-corrected chi connectivity index (χ1v) is 9.58. The van der Waals surface area contributed by atoms with Crippen LogP contribution in [0.3, 0.4) is 0 Å². The standard InChI is InChI=1S/C14H21BrN2O2S/c1-2-16-11-12-4-5-13(15)10-14(12)17-6-3-8-20(18,19)9-7-17/h4-5,10,16H,2-3,6-9,11H2,1H3. The normalized spacial score (nSPS) is 18.8. The first-order chi connectivity index (χ1) is 9.52. The van der Waals surface area contributed by atoms with Gasteiger partial charge in [-0.3, -0.25) is 0 Å². The average molecular weight is 361 g/mol. The fraction of sp³-hybridized carbons (Fsp3) is 0.571. The van der Waals surface area contributed by atoms with Gasteiger partial charge in [-0.25, -0.2) is 8.42 Å². The zero-order valence-corrected chi connectivity index (χ0v) is 14.1. The van der Waals surface area contributed by atoms with E-state index < -0.39 is 9.84 Å². The highest BCUT2D eigenvalue weighted by Crippen LogP contribution is 2.26. The lowest BCUT2D eigenvalue weighted by Crippen LogP contribution is -2.28. The monoisotopic (exact) mass is 360 g/mol. The molecular weight excluding hydrogens is 340 g/mol. The smallest absolute Gasteiger partial charge is 0.152 e. The van der Waals surface area contributed by atoms with Gasteiger partial charge in [-0.2, -0.15) is 0 Å².